The third kappa shape index (κ3) is 3.98. The first-order valence-electron chi connectivity index (χ1n) is 7.87. The molecule has 0 unspecified atom stereocenters. The van der Waals surface area contributed by atoms with Crippen LogP contribution in [0.15, 0.2) is 66.7 Å². The van der Waals surface area contributed by atoms with Gasteiger partial charge in [0.25, 0.3) is 5.91 Å². The minimum absolute atomic E-state index is 0.284. The quantitative estimate of drug-likeness (QED) is 0.739. The van der Waals surface area contributed by atoms with Gasteiger partial charge in [-0.25, -0.2) is 0 Å². The van der Waals surface area contributed by atoms with Crippen LogP contribution in [0.5, 0.6) is 0 Å². The Morgan fingerprint density at radius 2 is 1.72 bits per heavy atom. The number of hydrogen-bond acceptors (Lipinski definition) is 2. The van der Waals surface area contributed by atoms with Crippen LogP contribution in [0.2, 0.25) is 5.02 Å². The predicted molar refractivity (Wildman–Crippen MR) is 99.6 cm³/mol. The monoisotopic (exact) mass is 352 g/mol. The summed E-state index contributed by atoms with van der Waals surface area (Å²) in [6, 6.07) is 19.4. The molecule has 0 aliphatic rings. The Kier molecular flexibility index (Phi) is 5.00. The maximum Gasteiger partial charge on any atom is 0.252 e. The van der Waals surface area contributed by atoms with Crippen molar-refractivity contribution in [3.05, 3.63) is 82.9 Å². The van der Waals surface area contributed by atoms with Crippen molar-refractivity contribution in [1.29, 1.82) is 0 Å². The van der Waals surface area contributed by atoms with Crippen LogP contribution in [0.25, 0.3) is 10.8 Å². The van der Waals surface area contributed by atoms with Crippen LogP contribution in [0, 0.1) is 0 Å². The molecule has 1 atom stereocenters. The Morgan fingerprint density at radius 3 is 2.48 bits per heavy atom. The van der Waals surface area contributed by atoms with Gasteiger partial charge in [0.05, 0.1) is 0 Å². The van der Waals surface area contributed by atoms with Crippen molar-refractivity contribution in [1.82, 2.24) is 5.32 Å². The minimum atomic E-state index is -0.815. The van der Waals surface area contributed by atoms with E-state index in [1.807, 2.05) is 42.5 Å². The molecule has 5 heteroatoms. The summed E-state index contributed by atoms with van der Waals surface area (Å²) in [6.07, 6.45) is 0.284. The highest BCUT2D eigenvalue weighted by Crippen LogP contribution is 2.19. The van der Waals surface area contributed by atoms with Crippen molar-refractivity contribution in [3.63, 3.8) is 0 Å². The van der Waals surface area contributed by atoms with Gasteiger partial charge in [0.15, 0.2) is 0 Å². The largest absolute Gasteiger partial charge is 0.368 e. The molecule has 0 aliphatic heterocycles. The fraction of sp³-hybridized carbons (Fsp3) is 0.100. The van der Waals surface area contributed by atoms with Crippen molar-refractivity contribution >= 4 is 34.2 Å². The van der Waals surface area contributed by atoms with Crippen molar-refractivity contribution in [3.8, 4) is 0 Å². The smallest absolute Gasteiger partial charge is 0.252 e. The molecule has 3 aromatic carbocycles. The van der Waals surface area contributed by atoms with E-state index in [0.717, 1.165) is 16.3 Å². The van der Waals surface area contributed by atoms with E-state index in [2.05, 4.69) is 5.32 Å². The van der Waals surface area contributed by atoms with Crippen molar-refractivity contribution in [2.75, 3.05) is 0 Å². The van der Waals surface area contributed by atoms with Gasteiger partial charge >= 0.3 is 0 Å². The number of halogens is 1. The number of primary amides is 1. The van der Waals surface area contributed by atoms with Crippen LogP contribution in [0.3, 0.4) is 0 Å². The number of nitrogens with one attached hydrogen (secondary N) is 1. The molecule has 126 valence electrons. The molecule has 3 rings (SSSR count). The molecule has 0 radical (unpaired) electrons. The molecule has 3 N–H and O–H groups in total. The summed E-state index contributed by atoms with van der Waals surface area (Å²) in [6.45, 7) is 0. The number of rotatable bonds is 5. The summed E-state index contributed by atoms with van der Waals surface area (Å²) in [5, 5.41) is 5.09. The van der Waals surface area contributed by atoms with Crippen LogP contribution < -0.4 is 11.1 Å². The van der Waals surface area contributed by atoms with Gasteiger partial charge in [-0.2, -0.15) is 0 Å². The molecule has 2 amide bonds. The third-order valence-electron chi connectivity index (χ3n) is 4.01. The van der Waals surface area contributed by atoms with Crippen LogP contribution in [-0.2, 0) is 11.2 Å². The molecule has 4 nitrogen and oxygen atoms in total. The van der Waals surface area contributed by atoms with E-state index in [1.165, 1.54) is 0 Å². The van der Waals surface area contributed by atoms with Gasteiger partial charge in [-0.3, -0.25) is 9.59 Å². The summed E-state index contributed by atoms with van der Waals surface area (Å²) < 4.78 is 0. The number of fused-ring (bicyclic) bond motifs is 1. The fourth-order valence-corrected chi connectivity index (χ4v) is 2.99. The summed E-state index contributed by atoms with van der Waals surface area (Å²) in [4.78, 5) is 24.5. The summed E-state index contributed by atoms with van der Waals surface area (Å²) in [5.74, 6) is -0.920. The highest BCUT2D eigenvalue weighted by atomic mass is 35.5. The Hall–Kier alpha value is -2.85. The van der Waals surface area contributed by atoms with E-state index in [0.29, 0.717) is 10.6 Å². The Bertz CT molecular complexity index is 934. The number of nitrogens with two attached hydrogens (primary N) is 1. The van der Waals surface area contributed by atoms with Gasteiger partial charge in [0.2, 0.25) is 5.91 Å². The molecule has 0 saturated heterocycles. The third-order valence-corrected chi connectivity index (χ3v) is 4.25. The molecule has 0 heterocycles. The highest BCUT2D eigenvalue weighted by molar-refractivity contribution is 6.30. The van der Waals surface area contributed by atoms with Gasteiger partial charge in [0.1, 0.15) is 6.04 Å². The number of hydrogen-bond donors (Lipinski definition) is 2. The SMILES string of the molecule is NC(=O)[C@H](Cc1cccc(Cl)c1)NC(=O)c1cccc2ccccc12. The van der Waals surface area contributed by atoms with E-state index in [9.17, 15) is 9.59 Å². The summed E-state index contributed by atoms with van der Waals surface area (Å²) >= 11 is 5.97. The second-order valence-corrected chi connectivity index (χ2v) is 6.23. The number of carbonyl (C=O) groups is 2. The first-order chi connectivity index (χ1) is 12.0. The first kappa shape index (κ1) is 17.0. The van der Waals surface area contributed by atoms with Gasteiger partial charge in [0, 0.05) is 17.0 Å². The molecule has 0 saturated carbocycles. The molecule has 0 aromatic heterocycles. The molecule has 25 heavy (non-hydrogen) atoms. The molecule has 0 aliphatic carbocycles. The lowest BCUT2D eigenvalue weighted by atomic mass is 10.0. The van der Waals surface area contributed by atoms with E-state index >= 15 is 0 Å². The average Bonchev–Trinajstić information content (AvgIpc) is 2.60. The van der Waals surface area contributed by atoms with Crippen LogP contribution in [0.1, 0.15) is 15.9 Å². The number of carbonyl (C=O) groups excluding carboxylic acids is 2. The molecule has 0 spiro atoms. The maximum atomic E-state index is 12.7. The minimum Gasteiger partial charge on any atom is -0.368 e. The molecular formula is C20H17ClN2O2. The zero-order valence-corrected chi connectivity index (χ0v) is 14.2. The van der Waals surface area contributed by atoms with Crippen molar-refractivity contribution in [2.24, 2.45) is 5.73 Å². The second kappa shape index (κ2) is 7.36. The lowest BCUT2D eigenvalue weighted by Gasteiger charge is -2.16. The van der Waals surface area contributed by atoms with Crippen LogP contribution >= 0.6 is 11.6 Å². The van der Waals surface area contributed by atoms with E-state index in [1.54, 1.807) is 24.3 Å². The zero-order chi connectivity index (χ0) is 17.8. The van der Waals surface area contributed by atoms with Gasteiger partial charge in [-0.15, -0.1) is 0 Å². The highest BCUT2D eigenvalue weighted by Gasteiger charge is 2.20. The Balaban J connectivity index is 1.84. The van der Waals surface area contributed by atoms with Gasteiger partial charge < -0.3 is 11.1 Å². The van der Waals surface area contributed by atoms with E-state index in [-0.39, 0.29) is 12.3 Å². The Labute approximate surface area is 150 Å². The second-order valence-electron chi connectivity index (χ2n) is 5.79. The fourth-order valence-electron chi connectivity index (χ4n) is 2.78. The lowest BCUT2D eigenvalue weighted by Crippen LogP contribution is -2.45. The Morgan fingerprint density at radius 1 is 1.00 bits per heavy atom. The lowest BCUT2D eigenvalue weighted by molar-refractivity contribution is -0.119. The molecule has 3 aromatic rings. The predicted octanol–water partition coefficient (Wildman–Crippen LogP) is 3.32. The molecule has 0 fully saturated rings. The first-order valence-corrected chi connectivity index (χ1v) is 8.25. The molecule has 0 bridgehead atoms. The van der Waals surface area contributed by atoms with Crippen LogP contribution in [0.4, 0.5) is 0 Å². The zero-order valence-electron chi connectivity index (χ0n) is 13.4. The normalized spacial score (nSPS) is 11.9. The van der Waals surface area contributed by atoms with Gasteiger partial charge in [-0.1, -0.05) is 60.1 Å². The summed E-state index contributed by atoms with van der Waals surface area (Å²) in [5.41, 5.74) is 6.81. The summed E-state index contributed by atoms with van der Waals surface area (Å²) in [7, 11) is 0. The van der Waals surface area contributed by atoms with Crippen LogP contribution in [-0.4, -0.2) is 17.9 Å². The number of amides is 2. The number of benzene rings is 3. The maximum absolute atomic E-state index is 12.7. The van der Waals surface area contributed by atoms with Crippen molar-refractivity contribution < 1.29 is 9.59 Å². The molecular weight excluding hydrogens is 336 g/mol. The van der Waals surface area contributed by atoms with E-state index in [4.69, 9.17) is 17.3 Å². The average molecular weight is 353 g/mol. The van der Waals surface area contributed by atoms with E-state index < -0.39 is 11.9 Å². The van der Waals surface area contributed by atoms with Gasteiger partial charge in [-0.05, 0) is 34.5 Å². The van der Waals surface area contributed by atoms with Crippen molar-refractivity contribution in [2.45, 2.75) is 12.5 Å². The topological polar surface area (TPSA) is 72.2 Å². The standard InChI is InChI=1S/C20H17ClN2O2/c21-15-8-3-5-13(11-15)12-18(19(22)24)23-20(25)17-10-4-7-14-6-1-2-9-16(14)17/h1-11,18H,12H2,(H2,22,24)(H,23,25)/t18-/m0/s1.